The molecule has 3 unspecified atom stereocenters. The van der Waals surface area contributed by atoms with Gasteiger partial charge in [-0.3, -0.25) is 14.4 Å². The maximum absolute atomic E-state index is 12.8. The summed E-state index contributed by atoms with van der Waals surface area (Å²) >= 11 is 0. The molecule has 0 bridgehead atoms. The van der Waals surface area contributed by atoms with E-state index in [0.717, 1.165) is 19.3 Å². The van der Waals surface area contributed by atoms with Crippen molar-refractivity contribution >= 4 is 17.3 Å². The number of rotatable bonds is 0. The molecule has 0 saturated heterocycles. The Hall–Kier alpha value is -1.03. The molecule has 0 heterocycles. The Labute approximate surface area is 150 Å². The number of carbonyl (C=O) groups is 3. The van der Waals surface area contributed by atoms with Crippen molar-refractivity contribution in [1.82, 2.24) is 0 Å². The Kier molecular flexibility index (Phi) is 4.50. The van der Waals surface area contributed by atoms with E-state index in [1.807, 2.05) is 20.8 Å². The van der Waals surface area contributed by atoms with Crippen LogP contribution in [0.3, 0.4) is 0 Å². The van der Waals surface area contributed by atoms with Crippen LogP contribution in [-0.4, -0.2) is 28.1 Å². The van der Waals surface area contributed by atoms with Crippen LogP contribution in [0.25, 0.3) is 0 Å². The molecule has 0 aromatic carbocycles. The van der Waals surface area contributed by atoms with Crippen LogP contribution >= 0.6 is 0 Å². The summed E-state index contributed by atoms with van der Waals surface area (Å²) in [7, 11) is 0. The van der Waals surface area contributed by atoms with Crippen LogP contribution in [0.1, 0.15) is 79.1 Å². The molecular weight excluding hydrogens is 316 g/mol. The monoisotopic (exact) mass is 348 g/mol. The van der Waals surface area contributed by atoms with Crippen molar-refractivity contribution in [2.24, 2.45) is 28.6 Å². The Bertz CT molecular complexity index is 611. The van der Waals surface area contributed by atoms with Crippen molar-refractivity contribution in [1.29, 1.82) is 0 Å². The normalized spacial score (nSPS) is 48.8. The minimum Gasteiger partial charge on any atom is -0.381 e. The lowest BCUT2D eigenvalue weighted by Crippen LogP contribution is -2.66. The Balaban J connectivity index is 0.000000880. The van der Waals surface area contributed by atoms with Crippen molar-refractivity contribution < 1.29 is 19.5 Å². The first-order valence-corrected chi connectivity index (χ1v) is 10.0. The minimum absolute atomic E-state index is 0.00752. The van der Waals surface area contributed by atoms with Gasteiger partial charge in [-0.05, 0) is 43.4 Å². The minimum atomic E-state index is -1.47. The van der Waals surface area contributed by atoms with Gasteiger partial charge in [-0.1, -0.05) is 27.7 Å². The fourth-order valence-electron chi connectivity index (χ4n) is 6.61. The lowest BCUT2D eigenvalue weighted by molar-refractivity contribution is -0.201. The maximum Gasteiger partial charge on any atom is 0.165 e. The predicted molar refractivity (Wildman–Crippen MR) is 94.9 cm³/mol. The van der Waals surface area contributed by atoms with Gasteiger partial charge in [0.25, 0.3) is 0 Å². The van der Waals surface area contributed by atoms with Gasteiger partial charge in [0.1, 0.15) is 17.2 Å². The lowest BCUT2D eigenvalue weighted by Gasteiger charge is -2.61. The van der Waals surface area contributed by atoms with Gasteiger partial charge in [0, 0.05) is 36.5 Å². The largest absolute Gasteiger partial charge is 0.381 e. The van der Waals surface area contributed by atoms with Crippen LogP contribution in [0.2, 0.25) is 0 Å². The van der Waals surface area contributed by atoms with Crippen LogP contribution in [0.15, 0.2) is 0 Å². The first-order chi connectivity index (χ1) is 11.7. The zero-order valence-electron chi connectivity index (χ0n) is 16.1. The first-order valence-electron chi connectivity index (χ1n) is 10.0. The molecular formula is C21H32O4. The summed E-state index contributed by atoms with van der Waals surface area (Å²) in [4.78, 5) is 37.1. The van der Waals surface area contributed by atoms with Gasteiger partial charge in [-0.25, -0.2) is 0 Å². The second-order valence-electron chi connectivity index (χ2n) is 8.92. The number of hydrogen-bond donors (Lipinski definition) is 1. The molecule has 140 valence electrons. The van der Waals surface area contributed by atoms with Gasteiger partial charge in [-0.15, -0.1) is 0 Å². The SMILES string of the molecule is CC.C[C@]12CCC3C(CC(=O)[C@@]4(O)CC(=O)CC[C@]34C)C1CCC2=O. The van der Waals surface area contributed by atoms with Crippen LogP contribution in [0, 0.1) is 28.6 Å². The van der Waals surface area contributed by atoms with E-state index in [0.29, 0.717) is 31.5 Å². The molecule has 4 aliphatic rings. The van der Waals surface area contributed by atoms with Gasteiger partial charge in [0.15, 0.2) is 5.78 Å². The van der Waals surface area contributed by atoms with Crippen LogP contribution < -0.4 is 0 Å². The average molecular weight is 348 g/mol. The highest BCUT2D eigenvalue weighted by Gasteiger charge is 2.67. The summed E-state index contributed by atoms with van der Waals surface area (Å²) in [6.45, 7) is 8.11. The number of hydrogen-bond acceptors (Lipinski definition) is 4. The maximum atomic E-state index is 12.8. The van der Waals surface area contributed by atoms with Crippen LogP contribution in [0.5, 0.6) is 0 Å². The molecule has 4 saturated carbocycles. The number of Topliss-reactive ketones (excluding diaryl/α,β-unsaturated/α-hetero) is 3. The van der Waals surface area contributed by atoms with Crippen molar-refractivity contribution in [2.75, 3.05) is 0 Å². The quantitative estimate of drug-likeness (QED) is 0.727. The van der Waals surface area contributed by atoms with E-state index in [4.69, 9.17) is 0 Å². The zero-order chi connectivity index (χ0) is 18.6. The van der Waals surface area contributed by atoms with E-state index < -0.39 is 11.0 Å². The van der Waals surface area contributed by atoms with Crippen molar-refractivity contribution in [2.45, 2.75) is 84.7 Å². The van der Waals surface area contributed by atoms with Crippen LogP contribution in [-0.2, 0) is 14.4 Å². The van der Waals surface area contributed by atoms with Gasteiger partial charge in [0.2, 0.25) is 0 Å². The molecule has 4 aliphatic carbocycles. The number of carbonyl (C=O) groups excluding carboxylic acids is 3. The third-order valence-corrected chi connectivity index (χ3v) is 8.17. The van der Waals surface area contributed by atoms with E-state index >= 15 is 0 Å². The van der Waals surface area contributed by atoms with Gasteiger partial charge in [0.05, 0.1) is 0 Å². The topological polar surface area (TPSA) is 71.4 Å². The second kappa shape index (κ2) is 6.00. The molecule has 0 aliphatic heterocycles. The molecule has 6 atom stereocenters. The predicted octanol–water partition coefficient (Wildman–Crippen LogP) is 3.49. The third-order valence-electron chi connectivity index (χ3n) is 8.17. The smallest absolute Gasteiger partial charge is 0.165 e. The van der Waals surface area contributed by atoms with Crippen LogP contribution in [0.4, 0.5) is 0 Å². The first kappa shape index (κ1) is 18.8. The average Bonchev–Trinajstić information content (AvgIpc) is 2.88. The standard InChI is InChI=1S/C19H26O4.C2H6/c1-17-7-6-14-12(13(17)3-4-15(17)21)9-16(22)19(23)10-11(20)5-8-18(14,19)2;1-2/h12-14,23H,3-10H2,1-2H3;1-2H3/t12?,13?,14?,17-,18+,19-;/m0./s1. The van der Waals surface area contributed by atoms with Crippen molar-refractivity contribution in [3.63, 3.8) is 0 Å². The highest BCUT2D eigenvalue weighted by atomic mass is 16.3. The van der Waals surface area contributed by atoms with Gasteiger partial charge >= 0.3 is 0 Å². The van der Waals surface area contributed by atoms with Crippen molar-refractivity contribution in [3.05, 3.63) is 0 Å². The number of aliphatic hydroxyl groups is 1. The summed E-state index contributed by atoms with van der Waals surface area (Å²) in [5, 5.41) is 11.1. The van der Waals surface area contributed by atoms with Gasteiger partial charge < -0.3 is 5.11 Å². The molecule has 0 radical (unpaired) electrons. The summed E-state index contributed by atoms with van der Waals surface area (Å²) in [6.07, 6.45) is 4.69. The summed E-state index contributed by atoms with van der Waals surface area (Å²) < 4.78 is 0. The third kappa shape index (κ3) is 2.32. The van der Waals surface area contributed by atoms with Gasteiger partial charge in [-0.2, -0.15) is 0 Å². The molecule has 4 heteroatoms. The molecule has 0 amide bonds. The van der Waals surface area contributed by atoms with E-state index in [9.17, 15) is 19.5 Å². The lowest BCUT2D eigenvalue weighted by atomic mass is 9.43. The van der Waals surface area contributed by atoms with E-state index in [2.05, 4.69) is 6.92 Å². The van der Waals surface area contributed by atoms with Crippen molar-refractivity contribution in [3.8, 4) is 0 Å². The highest BCUT2D eigenvalue weighted by Crippen LogP contribution is 2.65. The second-order valence-corrected chi connectivity index (χ2v) is 8.92. The Morgan fingerprint density at radius 3 is 2.28 bits per heavy atom. The molecule has 0 aromatic heterocycles. The Morgan fingerprint density at radius 1 is 0.920 bits per heavy atom. The number of ketones is 3. The summed E-state index contributed by atoms with van der Waals surface area (Å²) in [6, 6.07) is 0. The molecule has 4 nitrogen and oxygen atoms in total. The Morgan fingerprint density at radius 2 is 1.60 bits per heavy atom. The fourth-order valence-corrected chi connectivity index (χ4v) is 6.61. The molecule has 25 heavy (non-hydrogen) atoms. The molecule has 0 aromatic rings. The molecule has 4 fully saturated rings. The number of fused-ring (bicyclic) bond motifs is 5. The summed E-state index contributed by atoms with van der Waals surface area (Å²) in [5.41, 5.74) is -2.24. The molecule has 4 rings (SSSR count). The van der Waals surface area contributed by atoms with E-state index in [1.54, 1.807) is 0 Å². The molecule has 0 spiro atoms. The summed E-state index contributed by atoms with van der Waals surface area (Å²) in [5.74, 6) is 0.940. The molecule has 1 N–H and O–H groups in total. The highest BCUT2D eigenvalue weighted by molar-refractivity contribution is 5.96. The van der Waals surface area contributed by atoms with E-state index in [1.165, 1.54) is 0 Å². The fraction of sp³-hybridized carbons (Fsp3) is 0.857. The zero-order valence-corrected chi connectivity index (χ0v) is 16.1. The van der Waals surface area contributed by atoms with E-state index in [-0.39, 0.29) is 41.2 Å².